The van der Waals surface area contributed by atoms with Gasteiger partial charge in [-0.25, -0.2) is 4.99 Å². The van der Waals surface area contributed by atoms with E-state index < -0.39 is 0 Å². The van der Waals surface area contributed by atoms with Crippen LogP contribution in [0.5, 0.6) is 0 Å². The molecular formula is C17H13ClN4O. The molecule has 2 aliphatic rings. The normalized spacial score (nSPS) is 16.6. The lowest BCUT2D eigenvalue weighted by atomic mass is 10.1. The van der Waals surface area contributed by atoms with Crippen LogP contribution in [0.4, 0.5) is 5.69 Å². The number of amidine groups is 2. The molecule has 1 aromatic carbocycles. The number of rotatable bonds is 2. The van der Waals surface area contributed by atoms with E-state index in [1.807, 2.05) is 23.1 Å². The van der Waals surface area contributed by atoms with E-state index in [9.17, 15) is 5.11 Å². The third kappa shape index (κ3) is 2.49. The number of nitrogens with zero attached hydrogens (tertiary/aromatic N) is 4. The highest BCUT2D eigenvalue weighted by molar-refractivity contribution is 6.31. The van der Waals surface area contributed by atoms with Crippen LogP contribution in [0.15, 0.2) is 58.8 Å². The molecule has 0 radical (unpaired) electrons. The van der Waals surface area contributed by atoms with Crippen molar-refractivity contribution in [2.24, 2.45) is 9.98 Å². The van der Waals surface area contributed by atoms with E-state index in [1.165, 1.54) is 0 Å². The molecule has 0 fully saturated rings. The summed E-state index contributed by atoms with van der Waals surface area (Å²) in [5.74, 6) is 1.64. The van der Waals surface area contributed by atoms with Crippen molar-refractivity contribution >= 4 is 34.7 Å². The molecule has 0 saturated carbocycles. The molecule has 1 N–H and O–H groups in total. The SMILES string of the molecule is O/C(=C\C1=Nc2cc(Cl)ccc2C2=NCCN12)c1cccnc1. The third-order valence-electron chi connectivity index (χ3n) is 3.78. The van der Waals surface area contributed by atoms with E-state index >= 15 is 0 Å². The molecule has 0 spiro atoms. The highest BCUT2D eigenvalue weighted by atomic mass is 35.5. The number of benzene rings is 1. The predicted molar refractivity (Wildman–Crippen MR) is 91.5 cm³/mol. The van der Waals surface area contributed by atoms with Gasteiger partial charge in [-0.1, -0.05) is 11.6 Å². The zero-order valence-corrected chi connectivity index (χ0v) is 12.9. The summed E-state index contributed by atoms with van der Waals surface area (Å²) in [5, 5.41) is 11.0. The first-order valence-corrected chi connectivity index (χ1v) is 7.62. The largest absolute Gasteiger partial charge is 0.507 e. The number of pyridine rings is 1. The topological polar surface area (TPSA) is 61.1 Å². The number of aliphatic hydroxyl groups excluding tert-OH is 1. The van der Waals surface area contributed by atoms with Crippen LogP contribution in [0.25, 0.3) is 5.76 Å². The van der Waals surface area contributed by atoms with Crippen LogP contribution in [0.3, 0.4) is 0 Å². The minimum atomic E-state index is 0.119. The molecule has 0 saturated heterocycles. The van der Waals surface area contributed by atoms with Crippen LogP contribution in [-0.4, -0.2) is 39.8 Å². The Labute approximate surface area is 138 Å². The average molecular weight is 325 g/mol. The maximum Gasteiger partial charge on any atom is 0.138 e. The van der Waals surface area contributed by atoms with Gasteiger partial charge in [0.1, 0.15) is 17.4 Å². The summed E-state index contributed by atoms with van der Waals surface area (Å²) in [5.41, 5.74) is 2.37. The Bertz CT molecular complexity index is 858. The van der Waals surface area contributed by atoms with Gasteiger partial charge in [-0.2, -0.15) is 0 Å². The second-order valence-corrected chi connectivity index (χ2v) is 5.70. The molecule has 23 heavy (non-hydrogen) atoms. The van der Waals surface area contributed by atoms with Crippen LogP contribution >= 0.6 is 11.6 Å². The van der Waals surface area contributed by atoms with Gasteiger partial charge in [0.05, 0.1) is 12.2 Å². The molecule has 0 amide bonds. The lowest BCUT2D eigenvalue weighted by Gasteiger charge is -2.26. The zero-order valence-electron chi connectivity index (χ0n) is 12.1. The van der Waals surface area contributed by atoms with Gasteiger partial charge in [-0.05, 0) is 30.3 Å². The fourth-order valence-corrected chi connectivity index (χ4v) is 2.87. The molecule has 2 aromatic rings. The van der Waals surface area contributed by atoms with Crippen molar-refractivity contribution in [1.29, 1.82) is 0 Å². The first-order chi connectivity index (χ1) is 11.2. The Morgan fingerprint density at radius 1 is 1.30 bits per heavy atom. The van der Waals surface area contributed by atoms with Crippen molar-refractivity contribution in [3.05, 3.63) is 65.0 Å². The molecule has 0 atom stereocenters. The Morgan fingerprint density at radius 2 is 2.22 bits per heavy atom. The van der Waals surface area contributed by atoms with Crippen molar-refractivity contribution in [2.45, 2.75) is 0 Å². The minimum Gasteiger partial charge on any atom is -0.507 e. The summed E-state index contributed by atoms with van der Waals surface area (Å²) in [6, 6.07) is 9.15. The van der Waals surface area contributed by atoms with E-state index in [1.54, 1.807) is 30.6 Å². The lowest BCUT2D eigenvalue weighted by Crippen LogP contribution is -2.36. The standard InChI is InChI=1S/C17H13ClN4O/c18-12-3-4-13-14(8-12)21-16(22-7-6-20-17(13)22)9-15(23)11-2-1-5-19-10-11/h1-5,8-10,23H,6-7H2/b15-9-. The van der Waals surface area contributed by atoms with E-state index in [4.69, 9.17) is 11.6 Å². The van der Waals surface area contributed by atoms with Gasteiger partial charge in [-0.3, -0.25) is 9.98 Å². The molecular weight excluding hydrogens is 312 g/mol. The number of aliphatic imine (C=N–C) groups is 2. The van der Waals surface area contributed by atoms with Gasteiger partial charge in [-0.15, -0.1) is 0 Å². The molecule has 0 bridgehead atoms. The van der Waals surface area contributed by atoms with Crippen LogP contribution < -0.4 is 0 Å². The summed E-state index contributed by atoms with van der Waals surface area (Å²) in [6.45, 7) is 1.45. The molecule has 114 valence electrons. The van der Waals surface area contributed by atoms with Gasteiger partial charge in [0.25, 0.3) is 0 Å². The van der Waals surface area contributed by atoms with Gasteiger partial charge < -0.3 is 10.0 Å². The van der Waals surface area contributed by atoms with Crippen LogP contribution in [0, 0.1) is 0 Å². The summed E-state index contributed by atoms with van der Waals surface area (Å²) in [4.78, 5) is 15.2. The first kappa shape index (κ1) is 14.0. The summed E-state index contributed by atoms with van der Waals surface area (Å²) < 4.78 is 0. The van der Waals surface area contributed by atoms with E-state index in [0.717, 1.165) is 23.6 Å². The summed E-state index contributed by atoms with van der Waals surface area (Å²) in [6.07, 6.45) is 4.92. The smallest absolute Gasteiger partial charge is 0.138 e. The Balaban J connectivity index is 1.81. The van der Waals surface area contributed by atoms with E-state index in [-0.39, 0.29) is 5.76 Å². The molecule has 5 nitrogen and oxygen atoms in total. The van der Waals surface area contributed by atoms with Crippen molar-refractivity contribution in [1.82, 2.24) is 9.88 Å². The molecule has 0 aliphatic carbocycles. The molecule has 1 aromatic heterocycles. The first-order valence-electron chi connectivity index (χ1n) is 7.24. The lowest BCUT2D eigenvalue weighted by molar-refractivity contribution is 0.511. The Kier molecular flexibility index (Phi) is 3.35. The fraction of sp³-hybridized carbons (Fsp3) is 0.118. The molecule has 3 heterocycles. The maximum atomic E-state index is 10.3. The second-order valence-electron chi connectivity index (χ2n) is 5.26. The van der Waals surface area contributed by atoms with Gasteiger partial charge in [0.2, 0.25) is 0 Å². The number of hydrogen-bond acceptors (Lipinski definition) is 5. The predicted octanol–water partition coefficient (Wildman–Crippen LogP) is 3.44. The van der Waals surface area contributed by atoms with Crippen LogP contribution in [0.1, 0.15) is 11.1 Å². The van der Waals surface area contributed by atoms with Crippen molar-refractivity contribution in [2.75, 3.05) is 13.1 Å². The minimum absolute atomic E-state index is 0.119. The quantitative estimate of drug-likeness (QED) is 0.861. The molecule has 6 heteroatoms. The van der Waals surface area contributed by atoms with E-state index in [2.05, 4.69) is 15.0 Å². The monoisotopic (exact) mass is 324 g/mol. The number of aliphatic hydroxyl groups is 1. The third-order valence-corrected chi connectivity index (χ3v) is 4.01. The van der Waals surface area contributed by atoms with Crippen LogP contribution in [-0.2, 0) is 0 Å². The van der Waals surface area contributed by atoms with Crippen molar-refractivity contribution < 1.29 is 5.11 Å². The van der Waals surface area contributed by atoms with Gasteiger partial charge in [0, 0.05) is 41.2 Å². The second kappa shape index (κ2) is 5.52. The Morgan fingerprint density at radius 3 is 3.04 bits per heavy atom. The highest BCUT2D eigenvalue weighted by Crippen LogP contribution is 2.31. The van der Waals surface area contributed by atoms with Crippen molar-refractivity contribution in [3.63, 3.8) is 0 Å². The molecule has 2 aliphatic heterocycles. The zero-order chi connectivity index (χ0) is 15.8. The number of halogens is 1. The Hall–Kier alpha value is -2.66. The summed E-state index contributed by atoms with van der Waals surface area (Å²) >= 11 is 6.07. The molecule has 0 unspecified atom stereocenters. The van der Waals surface area contributed by atoms with Gasteiger partial charge >= 0.3 is 0 Å². The van der Waals surface area contributed by atoms with Crippen molar-refractivity contribution in [3.8, 4) is 0 Å². The maximum absolute atomic E-state index is 10.3. The fourth-order valence-electron chi connectivity index (χ4n) is 2.70. The summed E-state index contributed by atoms with van der Waals surface area (Å²) in [7, 11) is 0. The number of aromatic nitrogens is 1. The molecule has 4 rings (SSSR count). The van der Waals surface area contributed by atoms with Crippen LogP contribution in [0.2, 0.25) is 5.02 Å². The number of hydrogen-bond donors (Lipinski definition) is 1. The van der Waals surface area contributed by atoms with E-state index in [0.29, 0.717) is 23.0 Å². The highest BCUT2D eigenvalue weighted by Gasteiger charge is 2.28. The van der Waals surface area contributed by atoms with Gasteiger partial charge in [0.15, 0.2) is 0 Å². The number of fused-ring (bicyclic) bond motifs is 3. The average Bonchev–Trinajstić information content (AvgIpc) is 3.05.